The van der Waals surface area contributed by atoms with Gasteiger partial charge in [0.15, 0.2) is 0 Å². The van der Waals surface area contributed by atoms with Gasteiger partial charge in [0, 0.05) is 13.1 Å². The molecule has 1 unspecified atom stereocenters. The fourth-order valence-corrected chi connectivity index (χ4v) is 1.34. The second-order valence-electron chi connectivity index (χ2n) is 3.75. The summed E-state index contributed by atoms with van der Waals surface area (Å²) >= 11 is 0. The summed E-state index contributed by atoms with van der Waals surface area (Å²) in [5, 5.41) is 6.96. The molecular weight excluding hydrogens is 192 g/mol. The zero-order valence-electron chi connectivity index (χ0n) is 9.66. The van der Waals surface area contributed by atoms with Crippen LogP contribution >= 0.6 is 0 Å². The first-order valence-electron chi connectivity index (χ1n) is 5.07. The molecule has 84 valence electrons. The Morgan fingerprint density at radius 1 is 1.67 bits per heavy atom. The van der Waals surface area contributed by atoms with Gasteiger partial charge in [0.25, 0.3) is 5.91 Å². The monoisotopic (exact) mass is 210 g/mol. The summed E-state index contributed by atoms with van der Waals surface area (Å²) in [6.07, 6.45) is 0.891. The first kappa shape index (κ1) is 11.6. The molecule has 5 nitrogen and oxygen atoms in total. The average molecular weight is 210 g/mol. The molecule has 0 aromatic carbocycles. The van der Waals surface area contributed by atoms with E-state index in [1.165, 1.54) is 4.68 Å². The van der Waals surface area contributed by atoms with Gasteiger partial charge >= 0.3 is 0 Å². The van der Waals surface area contributed by atoms with Gasteiger partial charge in [-0.3, -0.25) is 9.48 Å². The third-order valence-electron chi connectivity index (χ3n) is 2.47. The number of carbonyl (C=O) groups is 1. The highest BCUT2D eigenvalue weighted by Gasteiger charge is 2.18. The van der Waals surface area contributed by atoms with Crippen molar-refractivity contribution >= 4 is 11.6 Å². The molecule has 1 rings (SSSR count). The topological polar surface area (TPSA) is 72.9 Å². The molecular formula is C10H18N4O. The van der Waals surface area contributed by atoms with E-state index in [0.29, 0.717) is 17.1 Å². The van der Waals surface area contributed by atoms with Crippen LogP contribution in [0.5, 0.6) is 0 Å². The van der Waals surface area contributed by atoms with E-state index in [1.54, 1.807) is 14.0 Å². The van der Waals surface area contributed by atoms with Crippen LogP contribution < -0.4 is 11.1 Å². The van der Waals surface area contributed by atoms with Gasteiger partial charge in [-0.15, -0.1) is 0 Å². The normalized spacial score (nSPS) is 12.5. The molecule has 0 spiro atoms. The van der Waals surface area contributed by atoms with E-state index in [1.807, 2.05) is 13.8 Å². The van der Waals surface area contributed by atoms with Crippen molar-refractivity contribution in [2.24, 2.45) is 7.05 Å². The Labute approximate surface area is 89.6 Å². The SMILES string of the molecule is CCC(C)NC(=O)c1c(N)c(C)nn1C. The van der Waals surface area contributed by atoms with E-state index < -0.39 is 0 Å². The number of nitrogens with two attached hydrogens (primary N) is 1. The molecule has 0 radical (unpaired) electrons. The summed E-state index contributed by atoms with van der Waals surface area (Å²) in [5.74, 6) is -0.162. The lowest BCUT2D eigenvalue weighted by molar-refractivity contribution is 0.0930. The highest BCUT2D eigenvalue weighted by Crippen LogP contribution is 2.15. The number of aromatic nitrogens is 2. The number of nitrogens with one attached hydrogen (secondary N) is 1. The van der Waals surface area contributed by atoms with Gasteiger partial charge in [-0.1, -0.05) is 6.92 Å². The molecule has 5 heteroatoms. The highest BCUT2D eigenvalue weighted by molar-refractivity contribution is 5.98. The fraction of sp³-hybridized carbons (Fsp3) is 0.600. The predicted molar refractivity (Wildman–Crippen MR) is 59.6 cm³/mol. The Bertz CT molecular complexity index is 370. The van der Waals surface area contributed by atoms with Crippen molar-refractivity contribution < 1.29 is 4.79 Å². The molecule has 0 saturated carbocycles. The molecule has 0 aliphatic rings. The minimum atomic E-state index is -0.162. The summed E-state index contributed by atoms with van der Waals surface area (Å²) in [4.78, 5) is 11.8. The molecule has 1 amide bonds. The molecule has 0 fully saturated rings. The first-order valence-corrected chi connectivity index (χ1v) is 5.07. The van der Waals surface area contributed by atoms with Crippen LogP contribution in [-0.2, 0) is 7.05 Å². The van der Waals surface area contributed by atoms with Crippen LogP contribution in [0.1, 0.15) is 36.5 Å². The van der Waals surface area contributed by atoms with Gasteiger partial charge in [0.05, 0.1) is 11.4 Å². The third kappa shape index (κ3) is 2.29. The number of hydrogen-bond acceptors (Lipinski definition) is 3. The van der Waals surface area contributed by atoms with Crippen molar-refractivity contribution in [2.45, 2.75) is 33.2 Å². The molecule has 0 saturated heterocycles. The van der Waals surface area contributed by atoms with Crippen molar-refractivity contribution in [1.82, 2.24) is 15.1 Å². The minimum Gasteiger partial charge on any atom is -0.395 e. The zero-order chi connectivity index (χ0) is 11.6. The lowest BCUT2D eigenvalue weighted by Gasteiger charge is -2.11. The number of hydrogen-bond donors (Lipinski definition) is 2. The Morgan fingerprint density at radius 2 is 2.27 bits per heavy atom. The number of nitrogens with zero attached hydrogens (tertiary/aromatic N) is 2. The van der Waals surface area contributed by atoms with E-state index in [4.69, 9.17) is 5.73 Å². The number of rotatable bonds is 3. The number of carbonyl (C=O) groups excluding carboxylic acids is 1. The standard InChI is InChI=1S/C10H18N4O/c1-5-6(2)12-10(15)9-8(11)7(3)13-14(9)4/h6H,5,11H2,1-4H3,(H,12,15). The van der Waals surface area contributed by atoms with Crippen molar-refractivity contribution in [3.8, 4) is 0 Å². The highest BCUT2D eigenvalue weighted by atomic mass is 16.2. The van der Waals surface area contributed by atoms with Crippen LogP contribution in [0.3, 0.4) is 0 Å². The van der Waals surface area contributed by atoms with Crippen LogP contribution in [-0.4, -0.2) is 21.7 Å². The summed E-state index contributed by atoms with van der Waals surface area (Å²) in [5.41, 5.74) is 7.36. The van der Waals surface area contributed by atoms with Crippen LogP contribution in [0.25, 0.3) is 0 Å². The zero-order valence-corrected chi connectivity index (χ0v) is 9.66. The summed E-state index contributed by atoms with van der Waals surface area (Å²) in [6.45, 7) is 5.76. The molecule has 1 aromatic rings. The van der Waals surface area contributed by atoms with Crippen LogP contribution in [0.15, 0.2) is 0 Å². The van der Waals surface area contributed by atoms with E-state index in [0.717, 1.165) is 6.42 Å². The second-order valence-corrected chi connectivity index (χ2v) is 3.75. The van der Waals surface area contributed by atoms with Crippen molar-refractivity contribution in [2.75, 3.05) is 5.73 Å². The van der Waals surface area contributed by atoms with Crippen LogP contribution in [0.2, 0.25) is 0 Å². The number of nitrogen functional groups attached to an aromatic ring is 1. The molecule has 1 heterocycles. The third-order valence-corrected chi connectivity index (χ3v) is 2.47. The van der Waals surface area contributed by atoms with Crippen LogP contribution in [0.4, 0.5) is 5.69 Å². The fourth-order valence-electron chi connectivity index (χ4n) is 1.34. The van der Waals surface area contributed by atoms with Gasteiger partial charge in [0.1, 0.15) is 5.69 Å². The molecule has 1 atom stereocenters. The summed E-state index contributed by atoms with van der Waals surface area (Å²) < 4.78 is 1.52. The number of aryl methyl sites for hydroxylation is 2. The molecule has 0 bridgehead atoms. The molecule has 1 aromatic heterocycles. The molecule has 15 heavy (non-hydrogen) atoms. The average Bonchev–Trinajstić information content (AvgIpc) is 2.41. The lowest BCUT2D eigenvalue weighted by Crippen LogP contribution is -2.33. The number of amides is 1. The van der Waals surface area contributed by atoms with Gasteiger partial charge in [-0.05, 0) is 20.3 Å². The second kappa shape index (κ2) is 4.33. The maximum absolute atomic E-state index is 11.8. The quantitative estimate of drug-likeness (QED) is 0.776. The van der Waals surface area contributed by atoms with Crippen molar-refractivity contribution in [3.05, 3.63) is 11.4 Å². The van der Waals surface area contributed by atoms with Gasteiger partial charge < -0.3 is 11.1 Å². The van der Waals surface area contributed by atoms with Gasteiger partial charge in [-0.2, -0.15) is 5.10 Å². The Morgan fingerprint density at radius 3 is 2.67 bits per heavy atom. The molecule has 3 N–H and O–H groups in total. The molecule has 0 aliphatic carbocycles. The Balaban J connectivity index is 2.91. The van der Waals surface area contributed by atoms with E-state index in [9.17, 15) is 4.79 Å². The largest absolute Gasteiger partial charge is 0.395 e. The van der Waals surface area contributed by atoms with E-state index in [-0.39, 0.29) is 11.9 Å². The number of anilines is 1. The Kier molecular flexibility index (Phi) is 3.34. The maximum atomic E-state index is 11.8. The van der Waals surface area contributed by atoms with Crippen LogP contribution in [0, 0.1) is 6.92 Å². The predicted octanol–water partition coefficient (Wildman–Crippen LogP) is 0.839. The summed E-state index contributed by atoms with van der Waals surface area (Å²) in [7, 11) is 1.72. The van der Waals surface area contributed by atoms with E-state index >= 15 is 0 Å². The van der Waals surface area contributed by atoms with Crippen molar-refractivity contribution in [1.29, 1.82) is 0 Å². The Hall–Kier alpha value is -1.52. The van der Waals surface area contributed by atoms with Gasteiger partial charge in [0.2, 0.25) is 0 Å². The van der Waals surface area contributed by atoms with Crippen molar-refractivity contribution in [3.63, 3.8) is 0 Å². The summed E-state index contributed by atoms with van der Waals surface area (Å²) in [6, 6.07) is 0.145. The van der Waals surface area contributed by atoms with Gasteiger partial charge in [-0.25, -0.2) is 0 Å². The van der Waals surface area contributed by atoms with E-state index in [2.05, 4.69) is 10.4 Å². The molecule has 0 aliphatic heterocycles. The minimum absolute atomic E-state index is 0.145. The maximum Gasteiger partial charge on any atom is 0.271 e. The smallest absolute Gasteiger partial charge is 0.271 e. The lowest BCUT2D eigenvalue weighted by atomic mass is 10.2. The first-order chi connectivity index (χ1) is 6.97.